The van der Waals surface area contributed by atoms with Crippen LogP contribution in [-0.4, -0.2) is 46.2 Å². The van der Waals surface area contributed by atoms with Crippen molar-refractivity contribution in [1.29, 1.82) is 0 Å². The second-order valence-corrected chi connectivity index (χ2v) is 5.95. The molecule has 24 heavy (non-hydrogen) atoms. The van der Waals surface area contributed by atoms with Gasteiger partial charge in [-0.2, -0.15) is 4.57 Å². The molecule has 128 valence electrons. The van der Waals surface area contributed by atoms with E-state index in [9.17, 15) is 24.9 Å². The minimum Gasteiger partial charge on any atom is -0.542 e. The molecule has 0 aromatic carbocycles. The number of aliphatic hydroxyl groups is 2. The van der Waals surface area contributed by atoms with Crippen LogP contribution >= 0.6 is 0 Å². The highest BCUT2D eigenvalue weighted by atomic mass is 16.5. The van der Waals surface area contributed by atoms with E-state index in [0.717, 1.165) is 11.6 Å². The molecule has 3 heterocycles. The quantitative estimate of drug-likeness (QED) is 0.628. The van der Waals surface area contributed by atoms with Gasteiger partial charge in [-0.15, -0.1) is 0 Å². The zero-order valence-electron chi connectivity index (χ0n) is 13.0. The maximum absolute atomic E-state index is 11.7. The molecule has 4 atom stereocenters. The van der Waals surface area contributed by atoms with Gasteiger partial charge in [0.2, 0.25) is 5.91 Å². The van der Waals surface area contributed by atoms with E-state index in [1.54, 1.807) is 30.4 Å². The SMILES string of the molecule is CN1C(=O)CC[C@H]1c1ccc[n+](C2OC(C(=O)[O-])=CC(O)C2O)c1. The van der Waals surface area contributed by atoms with Crippen LogP contribution in [0.3, 0.4) is 0 Å². The smallest absolute Gasteiger partial charge is 0.331 e. The number of likely N-dealkylation sites (tertiary alicyclic amines) is 1. The van der Waals surface area contributed by atoms with Gasteiger partial charge in [-0.05, 0) is 18.6 Å². The van der Waals surface area contributed by atoms with Crippen LogP contribution in [0.2, 0.25) is 0 Å². The largest absolute Gasteiger partial charge is 0.542 e. The summed E-state index contributed by atoms with van der Waals surface area (Å²) in [4.78, 5) is 24.3. The number of pyridine rings is 1. The van der Waals surface area contributed by atoms with Gasteiger partial charge in [0.05, 0.1) is 6.04 Å². The lowest BCUT2D eigenvalue weighted by molar-refractivity contribution is -0.769. The number of carbonyl (C=O) groups is 2. The number of hydrogen-bond acceptors (Lipinski definition) is 6. The summed E-state index contributed by atoms with van der Waals surface area (Å²) in [6, 6.07) is 3.47. The van der Waals surface area contributed by atoms with Crippen molar-refractivity contribution in [3.05, 3.63) is 41.9 Å². The molecule has 8 heteroatoms. The van der Waals surface area contributed by atoms with E-state index in [0.29, 0.717) is 12.8 Å². The molecule has 2 aliphatic rings. The van der Waals surface area contributed by atoms with Crippen LogP contribution in [0, 0.1) is 0 Å². The summed E-state index contributed by atoms with van der Waals surface area (Å²) in [6.07, 6.45) is 1.50. The van der Waals surface area contributed by atoms with Crippen LogP contribution in [0.5, 0.6) is 0 Å². The number of nitrogens with zero attached hydrogens (tertiary/aromatic N) is 2. The minimum atomic E-state index is -1.57. The predicted octanol–water partition coefficient (Wildman–Crippen LogP) is -1.85. The van der Waals surface area contributed by atoms with Gasteiger partial charge in [0.15, 0.2) is 18.5 Å². The molecule has 2 aliphatic heterocycles. The van der Waals surface area contributed by atoms with E-state index in [2.05, 4.69) is 0 Å². The van der Waals surface area contributed by atoms with Crippen LogP contribution < -0.4 is 9.67 Å². The lowest BCUT2D eigenvalue weighted by Crippen LogP contribution is -2.53. The average Bonchev–Trinajstić information content (AvgIpc) is 2.89. The molecular formula is C16H18N2O6. The number of rotatable bonds is 3. The summed E-state index contributed by atoms with van der Waals surface area (Å²) >= 11 is 0. The van der Waals surface area contributed by atoms with Gasteiger partial charge in [0.25, 0.3) is 0 Å². The van der Waals surface area contributed by atoms with Gasteiger partial charge in [-0.1, -0.05) is 0 Å². The van der Waals surface area contributed by atoms with Crippen molar-refractivity contribution in [3.63, 3.8) is 0 Å². The van der Waals surface area contributed by atoms with E-state index < -0.39 is 30.2 Å². The summed E-state index contributed by atoms with van der Waals surface area (Å²) in [6.45, 7) is 0. The molecular weight excluding hydrogens is 316 g/mol. The van der Waals surface area contributed by atoms with E-state index in [1.807, 2.05) is 6.07 Å². The zero-order valence-corrected chi connectivity index (χ0v) is 13.0. The Morgan fingerprint density at radius 3 is 2.83 bits per heavy atom. The third kappa shape index (κ3) is 2.85. The average molecular weight is 334 g/mol. The topological polar surface area (TPSA) is 114 Å². The number of aromatic nitrogens is 1. The molecule has 1 aromatic rings. The lowest BCUT2D eigenvalue weighted by atomic mass is 10.1. The van der Waals surface area contributed by atoms with E-state index >= 15 is 0 Å². The van der Waals surface area contributed by atoms with Gasteiger partial charge < -0.3 is 29.8 Å². The van der Waals surface area contributed by atoms with E-state index in [4.69, 9.17) is 4.74 Å². The van der Waals surface area contributed by atoms with Gasteiger partial charge in [0.1, 0.15) is 17.8 Å². The molecule has 2 N–H and O–H groups in total. The normalized spacial score (nSPS) is 30.0. The first kappa shape index (κ1) is 16.4. The summed E-state index contributed by atoms with van der Waals surface area (Å²) in [7, 11) is 1.73. The molecule has 1 amide bonds. The minimum absolute atomic E-state index is 0.0574. The summed E-state index contributed by atoms with van der Waals surface area (Å²) in [5, 5.41) is 30.9. The van der Waals surface area contributed by atoms with Crippen molar-refractivity contribution < 1.29 is 34.2 Å². The molecule has 1 saturated heterocycles. The van der Waals surface area contributed by atoms with Crippen molar-refractivity contribution in [1.82, 2.24) is 4.90 Å². The molecule has 0 aliphatic carbocycles. The van der Waals surface area contributed by atoms with Gasteiger partial charge >= 0.3 is 6.23 Å². The molecule has 0 bridgehead atoms. The summed E-state index contributed by atoms with van der Waals surface area (Å²) < 4.78 is 6.74. The molecule has 0 saturated carbocycles. The van der Waals surface area contributed by atoms with Crippen molar-refractivity contribution >= 4 is 11.9 Å². The van der Waals surface area contributed by atoms with Crippen LogP contribution in [0.4, 0.5) is 0 Å². The van der Waals surface area contributed by atoms with Gasteiger partial charge in [0, 0.05) is 25.1 Å². The fourth-order valence-electron chi connectivity index (χ4n) is 3.08. The van der Waals surface area contributed by atoms with Crippen molar-refractivity contribution in [2.75, 3.05) is 7.05 Å². The molecule has 3 unspecified atom stereocenters. The maximum atomic E-state index is 11.7. The third-order valence-electron chi connectivity index (χ3n) is 4.43. The number of hydrogen-bond donors (Lipinski definition) is 2. The lowest BCUT2D eigenvalue weighted by Gasteiger charge is -2.28. The van der Waals surface area contributed by atoms with Crippen LogP contribution in [-0.2, 0) is 14.3 Å². The number of aliphatic hydroxyl groups excluding tert-OH is 2. The van der Waals surface area contributed by atoms with Crippen molar-refractivity contribution in [2.24, 2.45) is 0 Å². The second kappa shape index (κ2) is 6.21. The molecule has 0 radical (unpaired) electrons. The van der Waals surface area contributed by atoms with Crippen molar-refractivity contribution in [2.45, 2.75) is 37.3 Å². The Labute approximate surface area is 138 Å². The van der Waals surface area contributed by atoms with E-state index in [1.165, 1.54) is 4.57 Å². The number of carbonyl (C=O) groups excluding carboxylic acids is 2. The van der Waals surface area contributed by atoms with Crippen LogP contribution in [0.25, 0.3) is 0 Å². The molecule has 1 fully saturated rings. The standard InChI is InChI=1S/C16H18N2O6/c1-17-10(4-5-13(17)20)9-3-2-6-18(8-9)15-14(21)11(19)7-12(24-15)16(22)23/h2-3,6-8,10-11,14-15,19,21H,4-5H2,1H3/t10-,11?,14?,15?/m0/s1. The fourth-order valence-corrected chi connectivity index (χ4v) is 3.08. The third-order valence-corrected chi connectivity index (χ3v) is 4.43. The molecule has 0 spiro atoms. The van der Waals surface area contributed by atoms with Crippen LogP contribution in [0.15, 0.2) is 36.4 Å². The highest BCUT2D eigenvalue weighted by molar-refractivity contribution is 5.82. The Kier molecular flexibility index (Phi) is 4.25. The van der Waals surface area contributed by atoms with Gasteiger partial charge in [-0.25, -0.2) is 0 Å². The molecule has 8 nitrogen and oxygen atoms in total. The first-order valence-corrected chi connectivity index (χ1v) is 7.61. The number of aliphatic carboxylic acids is 1. The Morgan fingerprint density at radius 2 is 2.21 bits per heavy atom. The zero-order chi connectivity index (χ0) is 17.4. The Morgan fingerprint density at radius 1 is 1.46 bits per heavy atom. The summed E-state index contributed by atoms with van der Waals surface area (Å²) in [5.41, 5.74) is 0.834. The van der Waals surface area contributed by atoms with Gasteiger partial charge in [-0.3, -0.25) is 4.79 Å². The highest BCUT2D eigenvalue weighted by Crippen LogP contribution is 2.31. The monoisotopic (exact) mass is 334 g/mol. The summed E-state index contributed by atoms with van der Waals surface area (Å²) in [5.74, 6) is -2.03. The Balaban J connectivity index is 1.90. The predicted molar refractivity (Wildman–Crippen MR) is 76.6 cm³/mol. The first-order valence-electron chi connectivity index (χ1n) is 7.61. The Bertz CT molecular complexity index is 704. The molecule has 1 aromatic heterocycles. The van der Waals surface area contributed by atoms with E-state index in [-0.39, 0.29) is 11.9 Å². The fraction of sp³-hybridized carbons (Fsp3) is 0.438. The number of ether oxygens (including phenoxy) is 1. The first-order chi connectivity index (χ1) is 11.4. The number of carboxylic acid groups (broad SMARTS) is 1. The second-order valence-electron chi connectivity index (χ2n) is 5.95. The van der Waals surface area contributed by atoms with Crippen LogP contribution in [0.1, 0.15) is 30.7 Å². The number of carboxylic acids is 1. The maximum Gasteiger partial charge on any atom is 0.331 e. The molecule has 3 rings (SSSR count). The number of amides is 1. The van der Waals surface area contributed by atoms with Crippen molar-refractivity contribution in [3.8, 4) is 0 Å². The highest BCUT2D eigenvalue weighted by Gasteiger charge is 2.40. The Hall–Kier alpha value is -2.45.